The fourth-order valence-electron chi connectivity index (χ4n) is 1.71. The minimum Gasteiger partial charge on any atom is -0.378 e. The molecule has 1 saturated heterocycles. The van der Waals surface area contributed by atoms with Gasteiger partial charge in [0.05, 0.1) is 18.9 Å². The van der Waals surface area contributed by atoms with Gasteiger partial charge < -0.3 is 10.1 Å². The van der Waals surface area contributed by atoms with E-state index in [2.05, 4.69) is 29.5 Å². The van der Waals surface area contributed by atoms with Crippen LogP contribution in [0.4, 0.5) is 0 Å². The van der Waals surface area contributed by atoms with Crippen LogP contribution in [0.3, 0.4) is 0 Å². The van der Waals surface area contributed by atoms with E-state index in [9.17, 15) is 0 Å². The van der Waals surface area contributed by atoms with Crippen LogP contribution in [0.15, 0.2) is 18.3 Å². The zero-order valence-corrected chi connectivity index (χ0v) is 9.18. The molecule has 0 bridgehead atoms. The number of rotatable bonds is 2. The van der Waals surface area contributed by atoms with Crippen LogP contribution in [-0.4, -0.2) is 35.1 Å². The summed E-state index contributed by atoms with van der Waals surface area (Å²) in [7, 11) is 1.94. The summed E-state index contributed by atoms with van der Waals surface area (Å²) in [5.41, 5.74) is 1.11. The molecular formula is C11H17N3O. The van der Waals surface area contributed by atoms with E-state index in [4.69, 9.17) is 4.74 Å². The molecule has 0 saturated carbocycles. The second-order valence-electron chi connectivity index (χ2n) is 3.95. The summed E-state index contributed by atoms with van der Waals surface area (Å²) in [5, 5.41) is 7.57. The molecule has 0 spiro atoms. The van der Waals surface area contributed by atoms with Crippen LogP contribution in [0.2, 0.25) is 0 Å². The normalized spacial score (nSPS) is 27.3. The molecule has 1 aliphatic heterocycles. The Morgan fingerprint density at radius 3 is 3.13 bits per heavy atom. The molecule has 0 radical (unpaired) electrons. The number of hydrogen-bond donors (Lipinski definition) is 1. The molecular weight excluding hydrogens is 190 g/mol. The number of ether oxygens (including phenoxy) is 1. The third kappa shape index (κ3) is 2.67. The van der Waals surface area contributed by atoms with E-state index in [1.165, 1.54) is 0 Å². The van der Waals surface area contributed by atoms with Gasteiger partial charge in [-0.15, -0.1) is 0 Å². The van der Waals surface area contributed by atoms with Gasteiger partial charge in [-0.1, -0.05) is 6.08 Å². The SMILES string of the molecule is CC1COCC(/C=C/c2ccnn2C)N1. The molecule has 1 N–H and O–H groups in total. The maximum atomic E-state index is 5.46. The van der Waals surface area contributed by atoms with Gasteiger partial charge in [0, 0.05) is 25.3 Å². The summed E-state index contributed by atoms with van der Waals surface area (Å²) in [6.07, 6.45) is 6.01. The maximum absolute atomic E-state index is 5.46. The minimum absolute atomic E-state index is 0.309. The number of hydrogen-bond acceptors (Lipinski definition) is 3. The molecule has 4 heteroatoms. The van der Waals surface area contributed by atoms with Crippen LogP contribution in [0.1, 0.15) is 12.6 Å². The van der Waals surface area contributed by atoms with E-state index >= 15 is 0 Å². The van der Waals surface area contributed by atoms with Crippen LogP contribution >= 0.6 is 0 Å². The molecule has 2 unspecified atom stereocenters. The van der Waals surface area contributed by atoms with Crippen molar-refractivity contribution in [1.29, 1.82) is 0 Å². The molecule has 0 aromatic carbocycles. The average molecular weight is 207 g/mol. The molecule has 0 amide bonds. The van der Waals surface area contributed by atoms with Crippen molar-refractivity contribution in [2.75, 3.05) is 13.2 Å². The highest BCUT2D eigenvalue weighted by Gasteiger charge is 2.15. The van der Waals surface area contributed by atoms with Crippen LogP contribution in [0.5, 0.6) is 0 Å². The van der Waals surface area contributed by atoms with E-state index in [0.29, 0.717) is 12.1 Å². The molecule has 82 valence electrons. The molecule has 2 heterocycles. The van der Waals surface area contributed by atoms with Gasteiger partial charge in [-0.3, -0.25) is 4.68 Å². The second kappa shape index (κ2) is 4.59. The highest BCUT2D eigenvalue weighted by atomic mass is 16.5. The van der Waals surface area contributed by atoms with Crippen molar-refractivity contribution in [3.8, 4) is 0 Å². The quantitative estimate of drug-likeness (QED) is 0.780. The summed E-state index contributed by atoms with van der Waals surface area (Å²) in [4.78, 5) is 0. The number of aromatic nitrogens is 2. The van der Waals surface area contributed by atoms with E-state index < -0.39 is 0 Å². The average Bonchev–Trinajstić information content (AvgIpc) is 2.61. The Morgan fingerprint density at radius 2 is 2.47 bits per heavy atom. The van der Waals surface area contributed by atoms with E-state index in [1.807, 2.05) is 17.8 Å². The molecule has 1 aliphatic rings. The minimum atomic E-state index is 0.309. The fraction of sp³-hybridized carbons (Fsp3) is 0.545. The van der Waals surface area contributed by atoms with Crippen molar-refractivity contribution in [3.05, 3.63) is 24.0 Å². The third-order valence-corrected chi connectivity index (χ3v) is 2.52. The fourth-order valence-corrected chi connectivity index (χ4v) is 1.71. The highest BCUT2D eigenvalue weighted by molar-refractivity contribution is 5.45. The molecule has 2 rings (SSSR count). The van der Waals surface area contributed by atoms with E-state index in [1.54, 1.807) is 6.20 Å². The van der Waals surface area contributed by atoms with Gasteiger partial charge in [0.25, 0.3) is 0 Å². The molecule has 1 aromatic heterocycles. The Balaban J connectivity index is 1.96. The van der Waals surface area contributed by atoms with E-state index in [-0.39, 0.29) is 0 Å². The van der Waals surface area contributed by atoms with Crippen molar-refractivity contribution in [2.24, 2.45) is 7.05 Å². The lowest BCUT2D eigenvalue weighted by Gasteiger charge is -2.26. The molecule has 15 heavy (non-hydrogen) atoms. The summed E-state index contributed by atoms with van der Waals surface area (Å²) in [6.45, 7) is 3.68. The van der Waals surface area contributed by atoms with Crippen LogP contribution < -0.4 is 5.32 Å². The van der Waals surface area contributed by atoms with Gasteiger partial charge in [-0.2, -0.15) is 5.10 Å². The Labute approximate surface area is 89.9 Å². The molecule has 0 aliphatic carbocycles. The summed E-state index contributed by atoms with van der Waals surface area (Å²) >= 11 is 0. The zero-order valence-electron chi connectivity index (χ0n) is 9.18. The van der Waals surface area contributed by atoms with Gasteiger partial charge in [0.15, 0.2) is 0 Å². The predicted molar refractivity (Wildman–Crippen MR) is 59.4 cm³/mol. The lowest BCUT2D eigenvalue weighted by Crippen LogP contribution is -2.46. The van der Waals surface area contributed by atoms with Crippen molar-refractivity contribution >= 4 is 6.08 Å². The van der Waals surface area contributed by atoms with Crippen LogP contribution in [-0.2, 0) is 11.8 Å². The van der Waals surface area contributed by atoms with Gasteiger partial charge in [-0.05, 0) is 19.1 Å². The number of morpholine rings is 1. The smallest absolute Gasteiger partial charge is 0.0656 e. The largest absolute Gasteiger partial charge is 0.378 e. The lowest BCUT2D eigenvalue weighted by molar-refractivity contribution is 0.0637. The first-order chi connectivity index (χ1) is 7.25. The third-order valence-electron chi connectivity index (χ3n) is 2.52. The summed E-state index contributed by atoms with van der Waals surface area (Å²) in [5.74, 6) is 0. The zero-order chi connectivity index (χ0) is 10.7. The summed E-state index contributed by atoms with van der Waals surface area (Å²) in [6, 6.07) is 2.73. The molecule has 1 aromatic rings. The van der Waals surface area contributed by atoms with Gasteiger partial charge in [0.1, 0.15) is 0 Å². The van der Waals surface area contributed by atoms with Crippen molar-refractivity contribution in [2.45, 2.75) is 19.0 Å². The predicted octanol–water partition coefficient (Wildman–Crippen LogP) is 0.810. The Kier molecular flexibility index (Phi) is 3.18. The standard InChI is InChI=1S/C11H17N3O/c1-9-7-15-8-10(13-9)3-4-11-5-6-12-14(11)2/h3-6,9-10,13H,7-8H2,1-2H3/b4-3+. The molecule has 1 fully saturated rings. The number of nitrogens with one attached hydrogen (secondary N) is 1. The van der Waals surface area contributed by atoms with Crippen molar-refractivity contribution in [1.82, 2.24) is 15.1 Å². The van der Waals surface area contributed by atoms with Crippen LogP contribution in [0, 0.1) is 0 Å². The first-order valence-corrected chi connectivity index (χ1v) is 5.25. The molecule has 2 atom stereocenters. The Morgan fingerprint density at radius 1 is 1.60 bits per heavy atom. The van der Waals surface area contributed by atoms with E-state index in [0.717, 1.165) is 18.9 Å². The Bertz CT molecular complexity index is 345. The van der Waals surface area contributed by atoms with Gasteiger partial charge in [0.2, 0.25) is 0 Å². The van der Waals surface area contributed by atoms with Crippen molar-refractivity contribution < 1.29 is 4.74 Å². The monoisotopic (exact) mass is 207 g/mol. The highest BCUT2D eigenvalue weighted by Crippen LogP contribution is 2.04. The maximum Gasteiger partial charge on any atom is 0.0656 e. The molecule has 4 nitrogen and oxygen atoms in total. The second-order valence-corrected chi connectivity index (χ2v) is 3.95. The lowest BCUT2D eigenvalue weighted by atomic mass is 10.2. The van der Waals surface area contributed by atoms with Gasteiger partial charge >= 0.3 is 0 Å². The van der Waals surface area contributed by atoms with Crippen LogP contribution in [0.25, 0.3) is 6.08 Å². The van der Waals surface area contributed by atoms with Gasteiger partial charge in [-0.25, -0.2) is 0 Å². The number of aryl methyl sites for hydroxylation is 1. The topological polar surface area (TPSA) is 39.1 Å². The first kappa shape index (κ1) is 10.4. The van der Waals surface area contributed by atoms with Crippen molar-refractivity contribution in [3.63, 3.8) is 0 Å². The number of nitrogens with zero attached hydrogens (tertiary/aromatic N) is 2. The summed E-state index contributed by atoms with van der Waals surface area (Å²) < 4.78 is 7.31. The Hall–Kier alpha value is -1.13. The first-order valence-electron chi connectivity index (χ1n) is 5.25.